The van der Waals surface area contributed by atoms with Gasteiger partial charge in [-0.25, -0.2) is 0 Å². The van der Waals surface area contributed by atoms with Gasteiger partial charge in [-0.3, -0.25) is 9.59 Å². The van der Waals surface area contributed by atoms with Gasteiger partial charge in [-0.2, -0.15) is 0 Å². The van der Waals surface area contributed by atoms with Crippen molar-refractivity contribution in [3.05, 3.63) is 30.3 Å². The van der Waals surface area contributed by atoms with Crippen molar-refractivity contribution >= 4 is 17.6 Å². The predicted molar refractivity (Wildman–Crippen MR) is 58.9 cm³/mol. The lowest BCUT2D eigenvalue weighted by atomic mass is 10.1. The van der Waals surface area contributed by atoms with Gasteiger partial charge in [0.05, 0.1) is 13.0 Å². The molecule has 1 heterocycles. The molecule has 16 heavy (non-hydrogen) atoms. The molecule has 1 fully saturated rings. The molecule has 0 aliphatic carbocycles. The predicted octanol–water partition coefficient (Wildman–Crippen LogP) is 1.21. The molecule has 1 aliphatic rings. The fourth-order valence-electron chi connectivity index (χ4n) is 1.89. The van der Waals surface area contributed by atoms with Gasteiger partial charge in [0.1, 0.15) is 0 Å². The van der Waals surface area contributed by atoms with E-state index in [1.165, 1.54) is 7.11 Å². The molecule has 0 spiro atoms. The molecule has 1 aromatic rings. The van der Waals surface area contributed by atoms with E-state index < -0.39 is 0 Å². The monoisotopic (exact) mass is 219 g/mol. The van der Waals surface area contributed by atoms with Crippen LogP contribution in [0.25, 0.3) is 0 Å². The van der Waals surface area contributed by atoms with Crippen LogP contribution in [-0.4, -0.2) is 25.5 Å². The summed E-state index contributed by atoms with van der Waals surface area (Å²) in [5, 5.41) is 0. The summed E-state index contributed by atoms with van der Waals surface area (Å²) in [6.07, 6.45) is 0.238. The van der Waals surface area contributed by atoms with Gasteiger partial charge in [0.25, 0.3) is 0 Å². The molecule has 4 nitrogen and oxygen atoms in total. The van der Waals surface area contributed by atoms with E-state index in [1.54, 1.807) is 4.90 Å². The number of rotatable bonds is 2. The summed E-state index contributed by atoms with van der Waals surface area (Å²) in [6.45, 7) is 0.412. The third-order valence-corrected chi connectivity index (χ3v) is 2.73. The number of amides is 1. The molecule has 0 N–H and O–H groups in total. The molecule has 1 saturated heterocycles. The van der Waals surface area contributed by atoms with Crippen molar-refractivity contribution < 1.29 is 14.3 Å². The zero-order chi connectivity index (χ0) is 11.5. The largest absolute Gasteiger partial charge is 0.469 e. The molecule has 1 atom stereocenters. The zero-order valence-electron chi connectivity index (χ0n) is 9.05. The lowest BCUT2D eigenvalue weighted by Crippen LogP contribution is -2.25. The first-order chi connectivity index (χ1) is 7.72. The SMILES string of the molecule is COC(=O)C1CC(=O)N(c2ccccc2)C1. The minimum atomic E-state index is -0.335. The average Bonchev–Trinajstić information content (AvgIpc) is 2.71. The van der Waals surface area contributed by atoms with Crippen LogP contribution in [0.15, 0.2) is 30.3 Å². The Hall–Kier alpha value is -1.84. The van der Waals surface area contributed by atoms with Crippen LogP contribution >= 0.6 is 0 Å². The lowest BCUT2D eigenvalue weighted by molar-refractivity contribution is -0.145. The van der Waals surface area contributed by atoms with Gasteiger partial charge >= 0.3 is 5.97 Å². The number of hydrogen-bond acceptors (Lipinski definition) is 3. The summed E-state index contributed by atoms with van der Waals surface area (Å²) in [5.74, 6) is -0.675. The summed E-state index contributed by atoms with van der Waals surface area (Å²) in [6, 6.07) is 9.35. The standard InChI is InChI=1S/C12H13NO3/c1-16-12(15)9-7-11(14)13(8-9)10-5-3-2-4-6-10/h2-6,9H,7-8H2,1H3. The molecular formula is C12H13NO3. The van der Waals surface area contributed by atoms with Gasteiger partial charge < -0.3 is 9.64 Å². The molecule has 0 saturated carbocycles. The van der Waals surface area contributed by atoms with E-state index in [4.69, 9.17) is 0 Å². The molecule has 4 heteroatoms. The van der Waals surface area contributed by atoms with Crippen LogP contribution in [0, 0.1) is 5.92 Å². The summed E-state index contributed by atoms with van der Waals surface area (Å²) >= 11 is 0. The molecule has 2 rings (SSSR count). The Morgan fingerprint density at radius 2 is 2.06 bits per heavy atom. The number of para-hydroxylation sites is 1. The van der Waals surface area contributed by atoms with Crippen molar-refractivity contribution in [2.45, 2.75) is 6.42 Å². The number of anilines is 1. The Labute approximate surface area is 93.8 Å². The lowest BCUT2D eigenvalue weighted by Gasteiger charge is -2.15. The molecular weight excluding hydrogens is 206 g/mol. The molecule has 0 bridgehead atoms. The van der Waals surface area contributed by atoms with Crippen molar-refractivity contribution in [3.63, 3.8) is 0 Å². The third kappa shape index (κ3) is 1.91. The van der Waals surface area contributed by atoms with E-state index in [1.807, 2.05) is 30.3 Å². The highest BCUT2D eigenvalue weighted by Crippen LogP contribution is 2.25. The van der Waals surface area contributed by atoms with Gasteiger partial charge in [-0.05, 0) is 12.1 Å². The third-order valence-electron chi connectivity index (χ3n) is 2.73. The fourth-order valence-corrected chi connectivity index (χ4v) is 1.89. The molecule has 84 valence electrons. The number of carbonyl (C=O) groups is 2. The topological polar surface area (TPSA) is 46.6 Å². The number of hydrogen-bond donors (Lipinski definition) is 0. The van der Waals surface area contributed by atoms with Crippen molar-refractivity contribution in [1.82, 2.24) is 0 Å². The molecule has 0 aromatic heterocycles. The molecule has 0 radical (unpaired) electrons. The maximum atomic E-state index is 11.7. The van der Waals surface area contributed by atoms with E-state index in [9.17, 15) is 9.59 Å². The smallest absolute Gasteiger partial charge is 0.311 e. The summed E-state index contributed by atoms with van der Waals surface area (Å²) in [7, 11) is 1.35. The number of ether oxygens (including phenoxy) is 1. The van der Waals surface area contributed by atoms with Crippen molar-refractivity contribution in [1.29, 1.82) is 0 Å². The van der Waals surface area contributed by atoms with E-state index >= 15 is 0 Å². The number of carbonyl (C=O) groups excluding carboxylic acids is 2. The normalized spacial score (nSPS) is 19.9. The Morgan fingerprint density at radius 3 is 2.69 bits per heavy atom. The summed E-state index contributed by atoms with van der Waals surface area (Å²) < 4.78 is 4.65. The van der Waals surface area contributed by atoms with Crippen LogP contribution in [-0.2, 0) is 14.3 Å². The maximum absolute atomic E-state index is 11.7. The maximum Gasteiger partial charge on any atom is 0.311 e. The van der Waals surface area contributed by atoms with Gasteiger partial charge in [-0.1, -0.05) is 18.2 Å². The van der Waals surface area contributed by atoms with Gasteiger partial charge in [0.2, 0.25) is 5.91 Å². The Balaban J connectivity index is 2.14. The van der Waals surface area contributed by atoms with Crippen LogP contribution in [0.3, 0.4) is 0 Å². The molecule has 1 aliphatic heterocycles. The fraction of sp³-hybridized carbons (Fsp3) is 0.333. The van der Waals surface area contributed by atoms with E-state index in [2.05, 4.69) is 4.74 Å². The number of esters is 1. The number of methoxy groups -OCH3 is 1. The second-order valence-electron chi connectivity index (χ2n) is 3.76. The molecule has 1 unspecified atom stereocenters. The van der Waals surface area contributed by atoms with E-state index in [-0.39, 0.29) is 24.2 Å². The zero-order valence-corrected chi connectivity index (χ0v) is 9.05. The first-order valence-corrected chi connectivity index (χ1v) is 5.15. The Morgan fingerprint density at radius 1 is 1.38 bits per heavy atom. The van der Waals surface area contributed by atoms with Crippen LogP contribution in [0.5, 0.6) is 0 Å². The van der Waals surface area contributed by atoms with Crippen LogP contribution in [0.1, 0.15) is 6.42 Å². The van der Waals surface area contributed by atoms with Crippen LogP contribution in [0.4, 0.5) is 5.69 Å². The van der Waals surface area contributed by atoms with Gasteiger partial charge in [-0.15, -0.1) is 0 Å². The van der Waals surface area contributed by atoms with E-state index in [0.717, 1.165) is 5.69 Å². The van der Waals surface area contributed by atoms with Gasteiger partial charge in [0, 0.05) is 18.7 Å². The van der Waals surface area contributed by atoms with Crippen molar-refractivity contribution in [3.8, 4) is 0 Å². The number of nitrogens with zero attached hydrogens (tertiary/aromatic N) is 1. The highest BCUT2D eigenvalue weighted by molar-refractivity contribution is 5.99. The van der Waals surface area contributed by atoms with Crippen LogP contribution < -0.4 is 4.90 Å². The quantitative estimate of drug-likeness (QED) is 0.702. The second-order valence-corrected chi connectivity index (χ2v) is 3.76. The highest BCUT2D eigenvalue weighted by Gasteiger charge is 2.35. The second kappa shape index (κ2) is 4.35. The number of benzene rings is 1. The molecule has 1 aromatic carbocycles. The van der Waals surface area contributed by atoms with Crippen LogP contribution in [0.2, 0.25) is 0 Å². The first kappa shape index (κ1) is 10.7. The van der Waals surface area contributed by atoms with Crippen molar-refractivity contribution in [2.24, 2.45) is 5.92 Å². The average molecular weight is 219 g/mol. The summed E-state index contributed by atoms with van der Waals surface area (Å²) in [5.41, 5.74) is 0.832. The van der Waals surface area contributed by atoms with Gasteiger partial charge in [0.15, 0.2) is 0 Å². The van der Waals surface area contributed by atoms with Crippen molar-refractivity contribution in [2.75, 3.05) is 18.6 Å². The highest BCUT2D eigenvalue weighted by atomic mass is 16.5. The Bertz CT molecular complexity index is 402. The Kier molecular flexibility index (Phi) is 2.90. The summed E-state index contributed by atoms with van der Waals surface area (Å²) in [4.78, 5) is 24.7. The van der Waals surface area contributed by atoms with E-state index in [0.29, 0.717) is 6.54 Å². The molecule has 1 amide bonds. The minimum Gasteiger partial charge on any atom is -0.469 e. The minimum absolute atomic E-state index is 0.0263. The first-order valence-electron chi connectivity index (χ1n) is 5.15.